The van der Waals surface area contributed by atoms with Gasteiger partial charge in [-0.25, -0.2) is 4.98 Å². The maximum atomic E-state index is 13.3. The van der Waals surface area contributed by atoms with Crippen molar-refractivity contribution in [2.24, 2.45) is 7.05 Å². The molecular weight excluding hydrogens is 372 g/mol. The van der Waals surface area contributed by atoms with Crippen molar-refractivity contribution < 1.29 is 9.59 Å². The van der Waals surface area contributed by atoms with Crippen LogP contribution in [0.1, 0.15) is 34.1 Å². The van der Waals surface area contributed by atoms with E-state index in [0.717, 1.165) is 23.0 Å². The maximum Gasteiger partial charge on any atom is 0.274 e. The molecule has 2 N–H and O–H groups in total. The van der Waals surface area contributed by atoms with E-state index in [2.05, 4.69) is 20.4 Å². The third-order valence-corrected chi connectivity index (χ3v) is 5.78. The van der Waals surface area contributed by atoms with Gasteiger partial charge in [-0.3, -0.25) is 19.1 Å². The fraction of sp³-hybridized carbons (Fsp3) is 0.250. The summed E-state index contributed by atoms with van der Waals surface area (Å²) < 4.78 is 1.65. The fourth-order valence-corrected chi connectivity index (χ4v) is 4.56. The Labute approximate surface area is 165 Å². The Morgan fingerprint density at radius 2 is 2.07 bits per heavy atom. The molecule has 9 nitrogen and oxygen atoms in total. The van der Waals surface area contributed by atoms with Crippen LogP contribution in [0.2, 0.25) is 0 Å². The molecule has 1 spiro atoms. The van der Waals surface area contributed by atoms with Crippen LogP contribution in [0, 0.1) is 0 Å². The van der Waals surface area contributed by atoms with Crippen molar-refractivity contribution in [2.75, 3.05) is 11.9 Å². The molecule has 4 heterocycles. The Morgan fingerprint density at radius 1 is 1.24 bits per heavy atom. The molecule has 1 aromatic carbocycles. The van der Waals surface area contributed by atoms with E-state index in [1.807, 2.05) is 30.5 Å². The second kappa shape index (κ2) is 6.13. The smallest absolute Gasteiger partial charge is 0.274 e. The Kier molecular flexibility index (Phi) is 3.67. The predicted octanol–water partition coefficient (Wildman–Crippen LogP) is 0.981. The minimum atomic E-state index is -0.905. The summed E-state index contributed by atoms with van der Waals surface area (Å²) in [4.78, 5) is 46.0. The molecule has 2 aromatic heterocycles. The van der Waals surface area contributed by atoms with Crippen LogP contribution in [0.25, 0.3) is 0 Å². The number of likely N-dealkylation sites (tertiary alicyclic amines) is 1. The zero-order chi connectivity index (χ0) is 20.2. The molecule has 1 fully saturated rings. The van der Waals surface area contributed by atoms with Gasteiger partial charge in [-0.05, 0) is 18.1 Å². The minimum absolute atomic E-state index is 0.127. The molecule has 5 rings (SSSR count). The summed E-state index contributed by atoms with van der Waals surface area (Å²) in [7, 11) is 1.80. The summed E-state index contributed by atoms with van der Waals surface area (Å²) in [5.41, 5.74) is 1.26. The number of aromatic nitrogens is 4. The zero-order valence-corrected chi connectivity index (χ0v) is 15.6. The molecule has 1 saturated heterocycles. The molecule has 2 aliphatic heterocycles. The molecule has 0 unspecified atom stereocenters. The van der Waals surface area contributed by atoms with Gasteiger partial charge in [0.15, 0.2) is 0 Å². The fourth-order valence-electron chi connectivity index (χ4n) is 4.56. The standard InChI is InChI=1S/C20H18N6O3/c1-25-11-12(8-23-25)17-20(13-4-2-3-5-14(13)24-19(20)29)6-7-26(17)18(28)15-9-22-16(27)10-21-15/h2-5,8-11,17H,6-7H2,1H3,(H,22,27)(H,24,29)/t17-,20+/m0/s1. The summed E-state index contributed by atoms with van der Waals surface area (Å²) in [5.74, 6) is -0.471. The Hall–Kier alpha value is -3.75. The predicted molar refractivity (Wildman–Crippen MR) is 103 cm³/mol. The maximum absolute atomic E-state index is 13.3. The number of hydrogen-bond acceptors (Lipinski definition) is 5. The molecule has 0 radical (unpaired) electrons. The van der Waals surface area contributed by atoms with Crippen LogP contribution in [-0.2, 0) is 17.3 Å². The van der Waals surface area contributed by atoms with Crippen molar-refractivity contribution in [1.29, 1.82) is 0 Å². The normalized spacial score (nSPS) is 22.7. The van der Waals surface area contributed by atoms with Crippen LogP contribution >= 0.6 is 0 Å². The van der Waals surface area contributed by atoms with Crippen LogP contribution in [-0.4, -0.2) is 43.0 Å². The van der Waals surface area contributed by atoms with Gasteiger partial charge in [0.25, 0.3) is 11.5 Å². The van der Waals surface area contributed by atoms with Crippen molar-refractivity contribution in [3.8, 4) is 0 Å². The SMILES string of the molecule is Cn1cc([C@@H]2N(C(=O)c3c[nH]c(=O)cn3)CC[C@]23C(=O)Nc2ccccc23)cn1. The van der Waals surface area contributed by atoms with Gasteiger partial charge in [0.05, 0.1) is 18.4 Å². The number of carbonyl (C=O) groups is 2. The molecule has 0 saturated carbocycles. The van der Waals surface area contributed by atoms with Gasteiger partial charge in [-0.1, -0.05) is 18.2 Å². The third-order valence-electron chi connectivity index (χ3n) is 5.78. The molecular formula is C20H18N6O3. The van der Waals surface area contributed by atoms with Crippen LogP contribution in [0.3, 0.4) is 0 Å². The highest BCUT2D eigenvalue weighted by atomic mass is 16.2. The Bertz CT molecular complexity index is 1180. The van der Waals surface area contributed by atoms with E-state index >= 15 is 0 Å². The Morgan fingerprint density at radius 3 is 2.79 bits per heavy atom. The first-order valence-electron chi connectivity index (χ1n) is 9.26. The molecule has 9 heteroatoms. The van der Waals surface area contributed by atoms with Crippen molar-refractivity contribution >= 4 is 17.5 Å². The van der Waals surface area contributed by atoms with Gasteiger partial charge in [0, 0.05) is 37.2 Å². The number of nitrogens with one attached hydrogen (secondary N) is 2. The topological polar surface area (TPSA) is 113 Å². The lowest BCUT2D eigenvalue weighted by Crippen LogP contribution is -2.42. The van der Waals surface area contributed by atoms with Gasteiger partial charge in [0.1, 0.15) is 11.1 Å². The number of aryl methyl sites for hydroxylation is 1. The number of para-hydroxylation sites is 1. The van der Waals surface area contributed by atoms with E-state index in [1.165, 1.54) is 6.20 Å². The first-order chi connectivity index (χ1) is 14.0. The van der Waals surface area contributed by atoms with Crippen LogP contribution in [0.15, 0.2) is 53.8 Å². The molecule has 3 aromatic rings. The molecule has 0 aliphatic carbocycles. The number of anilines is 1. The first-order valence-corrected chi connectivity index (χ1v) is 9.26. The highest BCUT2D eigenvalue weighted by molar-refractivity contribution is 6.08. The lowest BCUT2D eigenvalue weighted by molar-refractivity contribution is -0.121. The van der Waals surface area contributed by atoms with Gasteiger partial charge in [0.2, 0.25) is 5.91 Å². The Balaban J connectivity index is 1.66. The monoisotopic (exact) mass is 390 g/mol. The number of fused-ring (bicyclic) bond motifs is 2. The highest BCUT2D eigenvalue weighted by Gasteiger charge is 2.59. The summed E-state index contributed by atoms with van der Waals surface area (Å²) in [5, 5.41) is 7.23. The van der Waals surface area contributed by atoms with Crippen molar-refractivity contribution in [3.05, 3.63) is 76.2 Å². The van der Waals surface area contributed by atoms with Crippen LogP contribution in [0.4, 0.5) is 5.69 Å². The molecule has 2 amide bonds. The summed E-state index contributed by atoms with van der Waals surface area (Å²) in [6, 6.07) is 7.04. The average Bonchev–Trinajstić information content (AvgIpc) is 3.39. The second-order valence-corrected chi connectivity index (χ2v) is 7.37. The summed E-state index contributed by atoms with van der Waals surface area (Å²) >= 11 is 0. The van der Waals surface area contributed by atoms with Gasteiger partial charge >= 0.3 is 0 Å². The number of carbonyl (C=O) groups excluding carboxylic acids is 2. The van der Waals surface area contributed by atoms with Gasteiger partial charge < -0.3 is 15.2 Å². The number of aromatic amines is 1. The largest absolute Gasteiger partial charge is 0.329 e. The van der Waals surface area contributed by atoms with Crippen molar-refractivity contribution in [3.63, 3.8) is 0 Å². The van der Waals surface area contributed by atoms with E-state index in [0.29, 0.717) is 13.0 Å². The number of nitrogens with zero attached hydrogens (tertiary/aromatic N) is 4. The van der Waals surface area contributed by atoms with Crippen LogP contribution < -0.4 is 10.9 Å². The van der Waals surface area contributed by atoms with E-state index in [-0.39, 0.29) is 23.1 Å². The van der Waals surface area contributed by atoms with E-state index < -0.39 is 11.5 Å². The van der Waals surface area contributed by atoms with E-state index in [1.54, 1.807) is 22.8 Å². The van der Waals surface area contributed by atoms with E-state index in [4.69, 9.17) is 0 Å². The first kappa shape index (κ1) is 17.4. The van der Waals surface area contributed by atoms with Crippen LogP contribution in [0.5, 0.6) is 0 Å². The number of rotatable bonds is 2. The number of hydrogen-bond donors (Lipinski definition) is 2. The number of benzene rings is 1. The number of amides is 2. The lowest BCUT2D eigenvalue weighted by atomic mass is 9.73. The zero-order valence-electron chi connectivity index (χ0n) is 15.6. The van der Waals surface area contributed by atoms with Gasteiger partial charge in [-0.2, -0.15) is 5.10 Å². The molecule has 2 aliphatic rings. The lowest BCUT2D eigenvalue weighted by Gasteiger charge is -2.33. The summed E-state index contributed by atoms with van der Waals surface area (Å²) in [6.45, 7) is 0.376. The highest BCUT2D eigenvalue weighted by Crippen LogP contribution is 2.54. The molecule has 29 heavy (non-hydrogen) atoms. The van der Waals surface area contributed by atoms with Gasteiger partial charge in [-0.15, -0.1) is 0 Å². The average molecular weight is 390 g/mol. The van der Waals surface area contributed by atoms with Crippen molar-refractivity contribution in [1.82, 2.24) is 24.6 Å². The van der Waals surface area contributed by atoms with E-state index in [9.17, 15) is 14.4 Å². The quantitative estimate of drug-likeness (QED) is 0.677. The summed E-state index contributed by atoms with van der Waals surface area (Å²) in [6.07, 6.45) is 6.37. The second-order valence-electron chi connectivity index (χ2n) is 7.37. The number of H-pyrrole nitrogens is 1. The third kappa shape index (κ3) is 2.43. The molecule has 2 atom stereocenters. The molecule has 0 bridgehead atoms. The van der Waals surface area contributed by atoms with Crippen molar-refractivity contribution in [2.45, 2.75) is 17.9 Å². The molecule has 146 valence electrons. The minimum Gasteiger partial charge on any atom is -0.329 e.